The second-order valence-corrected chi connectivity index (χ2v) is 3.14. The van der Waals surface area contributed by atoms with Crippen molar-refractivity contribution >= 4 is 5.97 Å². The molecule has 3 atom stereocenters. The lowest BCUT2D eigenvalue weighted by Crippen LogP contribution is -2.26. The first-order chi connectivity index (χ1) is 4.61. The number of carboxylic acids is 1. The summed E-state index contributed by atoms with van der Waals surface area (Å²) in [7, 11) is 0. The van der Waals surface area contributed by atoms with E-state index in [2.05, 4.69) is 6.92 Å². The molecule has 2 unspecified atom stereocenters. The van der Waals surface area contributed by atoms with Crippen LogP contribution in [0.5, 0.6) is 0 Å². The van der Waals surface area contributed by atoms with E-state index in [1.54, 1.807) is 0 Å². The third-order valence-electron chi connectivity index (χ3n) is 2.13. The molecule has 1 aliphatic rings. The maximum atomic E-state index is 10.2. The molecule has 1 fully saturated rings. The molecule has 0 amide bonds. The Labute approximate surface area is 60.2 Å². The average Bonchev–Trinajstić information content (AvgIpc) is 2.44. The van der Waals surface area contributed by atoms with Crippen LogP contribution < -0.4 is 5.73 Å². The zero-order valence-corrected chi connectivity index (χ0v) is 6.08. The van der Waals surface area contributed by atoms with Gasteiger partial charge in [0, 0.05) is 6.04 Å². The van der Waals surface area contributed by atoms with E-state index in [1.807, 2.05) is 0 Å². The summed E-state index contributed by atoms with van der Waals surface area (Å²) in [5.74, 6) is 0.331. The van der Waals surface area contributed by atoms with Gasteiger partial charge in [-0.05, 0) is 18.3 Å². The van der Waals surface area contributed by atoms with Crippen molar-refractivity contribution < 1.29 is 9.90 Å². The van der Waals surface area contributed by atoms with Crippen LogP contribution in [0.3, 0.4) is 0 Å². The lowest BCUT2D eigenvalue weighted by atomic mass is 10.1. The maximum absolute atomic E-state index is 10.2. The number of hydrogen-bond acceptors (Lipinski definition) is 2. The lowest BCUT2D eigenvalue weighted by molar-refractivity contribution is -0.137. The van der Waals surface area contributed by atoms with E-state index in [9.17, 15) is 4.79 Å². The first-order valence-corrected chi connectivity index (χ1v) is 3.58. The molecule has 0 aliphatic heterocycles. The van der Waals surface area contributed by atoms with Crippen molar-refractivity contribution in [2.45, 2.75) is 25.8 Å². The van der Waals surface area contributed by atoms with Gasteiger partial charge in [-0.15, -0.1) is 0 Å². The van der Waals surface area contributed by atoms with Gasteiger partial charge < -0.3 is 10.8 Å². The second-order valence-electron chi connectivity index (χ2n) is 3.14. The van der Waals surface area contributed by atoms with Gasteiger partial charge in [-0.3, -0.25) is 4.79 Å². The highest BCUT2D eigenvalue weighted by Crippen LogP contribution is 2.40. The number of carbonyl (C=O) groups is 1. The monoisotopic (exact) mass is 143 g/mol. The molecule has 1 saturated carbocycles. The number of carboxylic acid groups (broad SMARTS) is 1. The Morgan fingerprint density at radius 2 is 2.40 bits per heavy atom. The van der Waals surface area contributed by atoms with Crippen molar-refractivity contribution in [2.24, 2.45) is 17.6 Å². The minimum Gasteiger partial charge on any atom is -0.481 e. The Kier molecular flexibility index (Phi) is 1.94. The Morgan fingerprint density at radius 1 is 1.90 bits per heavy atom. The molecule has 0 spiro atoms. The highest BCUT2D eigenvalue weighted by atomic mass is 16.4. The van der Waals surface area contributed by atoms with Crippen LogP contribution in [0.1, 0.15) is 19.8 Å². The van der Waals surface area contributed by atoms with Crippen molar-refractivity contribution in [3.63, 3.8) is 0 Å². The van der Waals surface area contributed by atoms with E-state index in [0.717, 1.165) is 6.42 Å². The number of rotatable bonds is 3. The predicted molar refractivity (Wildman–Crippen MR) is 37.5 cm³/mol. The van der Waals surface area contributed by atoms with E-state index in [0.29, 0.717) is 11.8 Å². The van der Waals surface area contributed by atoms with Crippen molar-refractivity contribution in [3.8, 4) is 0 Å². The van der Waals surface area contributed by atoms with E-state index < -0.39 is 5.97 Å². The molecular weight excluding hydrogens is 130 g/mol. The van der Waals surface area contributed by atoms with Gasteiger partial charge in [0.25, 0.3) is 0 Å². The predicted octanol–water partition coefficient (Wildman–Crippen LogP) is 0.444. The van der Waals surface area contributed by atoms with Crippen LogP contribution in [0, 0.1) is 11.8 Å². The fourth-order valence-corrected chi connectivity index (χ4v) is 1.30. The van der Waals surface area contributed by atoms with Crippen LogP contribution in [-0.2, 0) is 4.79 Å². The molecule has 10 heavy (non-hydrogen) atoms. The summed E-state index contributed by atoms with van der Waals surface area (Å²) in [6.45, 7) is 2.10. The van der Waals surface area contributed by atoms with E-state index in [-0.39, 0.29) is 12.5 Å². The standard InChI is InChI=1S/C7H13NO2/c1-4-2-5(4)6(8)3-7(9)10/h4-6H,2-3,8H2,1H3,(H,9,10)/t4?,5?,6-/m1/s1. The molecule has 1 aliphatic carbocycles. The van der Waals surface area contributed by atoms with Crippen LogP contribution in [-0.4, -0.2) is 17.1 Å². The highest BCUT2D eigenvalue weighted by Gasteiger charge is 2.38. The van der Waals surface area contributed by atoms with E-state index in [4.69, 9.17) is 10.8 Å². The number of nitrogens with two attached hydrogens (primary N) is 1. The topological polar surface area (TPSA) is 63.3 Å². The lowest BCUT2D eigenvalue weighted by Gasteiger charge is -2.05. The van der Waals surface area contributed by atoms with E-state index >= 15 is 0 Å². The minimum absolute atomic E-state index is 0.118. The summed E-state index contributed by atoms with van der Waals surface area (Å²) in [6.07, 6.45) is 1.23. The largest absolute Gasteiger partial charge is 0.481 e. The van der Waals surface area contributed by atoms with Gasteiger partial charge in [0.15, 0.2) is 0 Å². The summed E-state index contributed by atoms with van der Waals surface area (Å²) in [4.78, 5) is 10.2. The van der Waals surface area contributed by atoms with Crippen LogP contribution in [0.4, 0.5) is 0 Å². The van der Waals surface area contributed by atoms with Gasteiger partial charge in [-0.2, -0.15) is 0 Å². The molecule has 58 valence electrons. The second kappa shape index (κ2) is 2.58. The molecule has 3 N–H and O–H groups in total. The number of aliphatic carboxylic acids is 1. The molecule has 0 heterocycles. The Morgan fingerprint density at radius 3 is 2.70 bits per heavy atom. The van der Waals surface area contributed by atoms with Crippen LogP contribution in [0.15, 0.2) is 0 Å². The van der Waals surface area contributed by atoms with Gasteiger partial charge in [-0.25, -0.2) is 0 Å². The summed E-state index contributed by atoms with van der Waals surface area (Å²) in [6, 6.07) is -0.118. The number of hydrogen-bond donors (Lipinski definition) is 2. The SMILES string of the molecule is CC1CC1[C@H](N)CC(=O)O. The normalized spacial score (nSPS) is 33.4. The molecule has 0 aromatic heterocycles. The van der Waals surface area contributed by atoms with Crippen molar-refractivity contribution in [1.82, 2.24) is 0 Å². The van der Waals surface area contributed by atoms with E-state index in [1.165, 1.54) is 0 Å². The first kappa shape index (κ1) is 7.54. The maximum Gasteiger partial charge on any atom is 0.304 e. The molecule has 3 nitrogen and oxygen atoms in total. The van der Waals surface area contributed by atoms with Crippen molar-refractivity contribution in [2.75, 3.05) is 0 Å². The van der Waals surface area contributed by atoms with Gasteiger partial charge in [0.1, 0.15) is 0 Å². The third-order valence-corrected chi connectivity index (χ3v) is 2.13. The summed E-state index contributed by atoms with van der Waals surface area (Å²) in [5, 5.41) is 8.37. The zero-order valence-electron chi connectivity index (χ0n) is 6.08. The summed E-state index contributed by atoms with van der Waals surface area (Å²) < 4.78 is 0. The molecule has 0 saturated heterocycles. The van der Waals surface area contributed by atoms with Gasteiger partial charge >= 0.3 is 5.97 Å². The molecule has 3 heteroatoms. The minimum atomic E-state index is -0.786. The van der Waals surface area contributed by atoms with Crippen LogP contribution in [0.25, 0.3) is 0 Å². The van der Waals surface area contributed by atoms with Gasteiger partial charge in [0.2, 0.25) is 0 Å². The summed E-state index contributed by atoms with van der Waals surface area (Å²) in [5.41, 5.74) is 5.59. The molecular formula is C7H13NO2. The molecule has 0 aromatic rings. The van der Waals surface area contributed by atoms with Crippen LogP contribution >= 0.6 is 0 Å². The smallest absolute Gasteiger partial charge is 0.304 e. The molecule has 0 aromatic carbocycles. The fourth-order valence-electron chi connectivity index (χ4n) is 1.30. The highest BCUT2D eigenvalue weighted by molar-refractivity contribution is 5.67. The van der Waals surface area contributed by atoms with Gasteiger partial charge in [0.05, 0.1) is 6.42 Å². The molecule has 1 rings (SSSR count). The average molecular weight is 143 g/mol. The third kappa shape index (κ3) is 1.70. The van der Waals surface area contributed by atoms with Crippen LogP contribution in [0.2, 0.25) is 0 Å². The molecule has 0 radical (unpaired) electrons. The summed E-state index contributed by atoms with van der Waals surface area (Å²) >= 11 is 0. The zero-order chi connectivity index (χ0) is 7.72. The van der Waals surface area contributed by atoms with Gasteiger partial charge in [-0.1, -0.05) is 6.92 Å². The Balaban J connectivity index is 2.22. The molecule has 0 bridgehead atoms. The Hall–Kier alpha value is -0.570. The first-order valence-electron chi connectivity index (χ1n) is 3.58. The van der Waals surface area contributed by atoms with Crippen molar-refractivity contribution in [1.29, 1.82) is 0 Å². The van der Waals surface area contributed by atoms with Crippen molar-refractivity contribution in [3.05, 3.63) is 0 Å². The fraction of sp³-hybridized carbons (Fsp3) is 0.857. The quantitative estimate of drug-likeness (QED) is 0.602. The Bertz CT molecular complexity index is 147.